The van der Waals surface area contributed by atoms with Gasteiger partial charge in [-0.15, -0.1) is 12.4 Å². The van der Waals surface area contributed by atoms with E-state index < -0.39 is 4.92 Å². The minimum atomic E-state index is -0.463. The number of carbonyl (C=O) groups excluding carboxylic acids is 1. The molecule has 2 aromatic rings. The Hall–Kier alpha value is -2.45. The monoisotopic (exact) mass is 379 g/mol. The van der Waals surface area contributed by atoms with E-state index in [-0.39, 0.29) is 35.7 Å². The van der Waals surface area contributed by atoms with Gasteiger partial charge in [0.2, 0.25) is 0 Å². The minimum absolute atomic E-state index is 0. The number of nitrogens with one attached hydrogen (secondary N) is 2. The summed E-state index contributed by atoms with van der Waals surface area (Å²) in [6, 6.07) is 7.91. The summed E-state index contributed by atoms with van der Waals surface area (Å²) in [6.45, 7) is 3.91. The van der Waals surface area contributed by atoms with E-state index in [0.717, 1.165) is 25.9 Å². The fourth-order valence-electron chi connectivity index (χ4n) is 3.10. The highest BCUT2D eigenvalue weighted by atomic mass is 35.5. The predicted octanol–water partition coefficient (Wildman–Crippen LogP) is 2.32. The molecule has 2 N–H and O–H groups in total. The summed E-state index contributed by atoms with van der Waals surface area (Å²) in [7, 11) is 0. The second-order valence-electron chi connectivity index (χ2n) is 6.26. The molecule has 0 bridgehead atoms. The average Bonchev–Trinajstić information content (AvgIpc) is 3.12. The van der Waals surface area contributed by atoms with E-state index in [0.29, 0.717) is 11.6 Å². The van der Waals surface area contributed by atoms with E-state index >= 15 is 0 Å². The van der Waals surface area contributed by atoms with Crippen LogP contribution in [-0.2, 0) is 0 Å². The Morgan fingerprint density at radius 1 is 1.42 bits per heavy atom. The molecule has 26 heavy (non-hydrogen) atoms. The highest BCUT2D eigenvalue weighted by Gasteiger charge is 2.23. The number of hydrogen-bond acceptors (Lipinski definition) is 5. The Morgan fingerprint density at radius 2 is 2.19 bits per heavy atom. The highest BCUT2D eigenvalue weighted by molar-refractivity contribution is 5.92. The molecular weight excluding hydrogens is 358 g/mol. The van der Waals surface area contributed by atoms with Crippen LogP contribution in [0.4, 0.5) is 5.69 Å². The number of carbonyl (C=O) groups is 1. The van der Waals surface area contributed by atoms with Crippen LogP contribution in [0, 0.1) is 16.0 Å². The van der Waals surface area contributed by atoms with Gasteiger partial charge in [0.05, 0.1) is 4.92 Å². The fourth-order valence-corrected chi connectivity index (χ4v) is 3.10. The van der Waals surface area contributed by atoms with Crippen LogP contribution in [0.1, 0.15) is 30.3 Å². The molecule has 1 amide bonds. The summed E-state index contributed by atoms with van der Waals surface area (Å²) in [6.07, 6.45) is 3.75. The van der Waals surface area contributed by atoms with Crippen molar-refractivity contribution in [1.82, 2.24) is 20.4 Å². The summed E-state index contributed by atoms with van der Waals surface area (Å²) in [4.78, 5) is 23.1. The molecular formula is C17H22ClN5O3. The van der Waals surface area contributed by atoms with Gasteiger partial charge in [0.1, 0.15) is 5.69 Å². The van der Waals surface area contributed by atoms with Crippen LogP contribution in [0.15, 0.2) is 36.5 Å². The molecule has 1 aliphatic rings. The summed E-state index contributed by atoms with van der Waals surface area (Å²) in [5, 5.41) is 21.7. The lowest BCUT2D eigenvalue weighted by molar-refractivity contribution is -0.384. The molecule has 3 rings (SSSR count). The van der Waals surface area contributed by atoms with Crippen molar-refractivity contribution in [1.29, 1.82) is 0 Å². The van der Waals surface area contributed by atoms with Crippen molar-refractivity contribution in [2.45, 2.75) is 25.8 Å². The molecule has 0 aliphatic carbocycles. The van der Waals surface area contributed by atoms with Gasteiger partial charge in [-0.2, -0.15) is 5.10 Å². The zero-order valence-electron chi connectivity index (χ0n) is 14.4. The number of nitrogens with zero attached hydrogens (tertiary/aromatic N) is 3. The first kappa shape index (κ1) is 19.9. The Bertz CT molecular complexity index is 773. The number of amides is 1. The largest absolute Gasteiger partial charge is 0.348 e. The molecule has 1 saturated heterocycles. The first-order chi connectivity index (χ1) is 12.1. The van der Waals surface area contributed by atoms with E-state index in [2.05, 4.69) is 15.7 Å². The van der Waals surface area contributed by atoms with Crippen LogP contribution in [0.5, 0.6) is 0 Å². The molecule has 1 aromatic heterocycles. The average molecular weight is 380 g/mol. The Morgan fingerprint density at radius 3 is 2.88 bits per heavy atom. The smallest absolute Gasteiger partial charge is 0.294 e. The Balaban J connectivity index is 0.00000243. The molecule has 2 unspecified atom stereocenters. The summed E-state index contributed by atoms with van der Waals surface area (Å²) < 4.78 is 1.36. The number of piperidine rings is 1. The number of benzene rings is 1. The van der Waals surface area contributed by atoms with Gasteiger partial charge in [0.25, 0.3) is 11.6 Å². The SMILES string of the molecule is CC(NC(=O)c1ccn(-c2ccccc2[N+](=O)[O-])n1)C1CCCNC1.Cl. The van der Waals surface area contributed by atoms with E-state index in [1.165, 1.54) is 10.7 Å². The van der Waals surface area contributed by atoms with Crippen molar-refractivity contribution in [3.05, 3.63) is 52.3 Å². The molecule has 9 heteroatoms. The van der Waals surface area contributed by atoms with E-state index in [1.54, 1.807) is 30.5 Å². The van der Waals surface area contributed by atoms with Crippen LogP contribution in [0.2, 0.25) is 0 Å². The molecule has 2 heterocycles. The maximum absolute atomic E-state index is 12.4. The first-order valence-electron chi connectivity index (χ1n) is 8.37. The number of hydrogen-bond donors (Lipinski definition) is 2. The van der Waals surface area contributed by atoms with Crippen LogP contribution < -0.4 is 10.6 Å². The molecule has 2 atom stereocenters. The number of rotatable bonds is 5. The molecule has 1 aromatic carbocycles. The topological polar surface area (TPSA) is 102 Å². The van der Waals surface area contributed by atoms with Crippen LogP contribution in [0.3, 0.4) is 0 Å². The summed E-state index contributed by atoms with van der Waals surface area (Å²) in [5.74, 6) is 0.130. The Labute approximate surface area is 157 Å². The maximum atomic E-state index is 12.4. The van der Waals surface area contributed by atoms with Crippen molar-refractivity contribution in [3.63, 3.8) is 0 Å². The zero-order valence-corrected chi connectivity index (χ0v) is 15.2. The van der Waals surface area contributed by atoms with Gasteiger partial charge in [0, 0.05) is 18.3 Å². The van der Waals surface area contributed by atoms with Gasteiger partial charge in [-0.1, -0.05) is 12.1 Å². The predicted molar refractivity (Wildman–Crippen MR) is 100.0 cm³/mol. The van der Waals surface area contributed by atoms with Crippen molar-refractivity contribution in [2.24, 2.45) is 5.92 Å². The lowest BCUT2D eigenvalue weighted by Crippen LogP contribution is -2.44. The molecule has 140 valence electrons. The quantitative estimate of drug-likeness (QED) is 0.613. The standard InChI is InChI=1S/C17H21N5O3.ClH/c1-12(13-5-4-9-18-11-13)19-17(23)14-8-10-21(20-14)15-6-2-3-7-16(15)22(24)25;/h2-3,6-8,10,12-13,18H,4-5,9,11H2,1H3,(H,19,23);1H. The lowest BCUT2D eigenvalue weighted by atomic mass is 9.93. The van der Waals surface area contributed by atoms with E-state index in [1.807, 2.05) is 6.92 Å². The van der Waals surface area contributed by atoms with Crippen molar-refractivity contribution in [3.8, 4) is 5.69 Å². The number of aromatic nitrogens is 2. The lowest BCUT2D eigenvalue weighted by Gasteiger charge is -2.28. The van der Waals surface area contributed by atoms with E-state index in [9.17, 15) is 14.9 Å². The van der Waals surface area contributed by atoms with E-state index in [4.69, 9.17) is 0 Å². The second-order valence-corrected chi connectivity index (χ2v) is 6.26. The number of halogens is 1. The van der Waals surface area contributed by atoms with Gasteiger partial charge in [-0.05, 0) is 50.9 Å². The molecule has 0 spiro atoms. The first-order valence-corrected chi connectivity index (χ1v) is 8.37. The van der Waals surface area contributed by atoms with Gasteiger partial charge in [-0.3, -0.25) is 14.9 Å². The van der Waals surface area contributed by atoms with Gasteiger partial charge < -0.3 is 10.6 Å². The molecule has 0 radical (unpaired) electrons. The van der Waals surface area contributed by atoms with Crippen molar-refractivity contribution >= 4 is 24.0 Å². The van der Waals surface area contributed by atoms with Crippen molar-refractivity contribution < 1.29 is 9.72 Å². The van der Waals surface area contributed by atoms with Crippen LogP contribution in [-0.4, -0.2) is 39.7 Å². The molecule has 1 fully saturated rings. The van der Waals surface area contributed by atoms with Gasteiger partial charge in [-0.25, -0.2) is 4.68 Å². The van der Waals surface area contributed by atoms with Crippen molar-refractivity contribution in [2.75, 3.05) is 13.1 Å². The number of nitro groups is 1. The van der Waals surface area contributed by atoms with Gasteiger partial charge in [0.15, 0.2) is 5.69 Å². The molecule has 0 saturated carbocycles. The molecule has 8 nitrogen and oxygen atoms in total. The van der Waals surface area contributed by atoms with Crippen LogP contribution >= 0.6 is 12.4 Å². The fraction of sp³-hybridized carbons (Fsp3) is 0.412. The third-order valence-corrected chi connectivity index (χ3v) is 4.55. The maximum Gasteiger partial charge on any atom is 0.294 e. The minimum Gasteiger partial charge on any atom is -0.348 e. The summed E-state index contributed by atoms with van der Waals surface area (Å²) in [5.41, 5.74) is 0.518. The number of nitro benzene ring substituents is 1. The van der Waals surface area contributed by atoms with Gasteiger partial charge >= 0.3 is 0 Å². The Kier molecular flexibility index (Phi) is 6.70. The summed E-state index contributed by atoms with van der Waals surface area (Å²) >= 11 is 0. The third-order valence-electron chi connectivity index (χ3n) is 4.55. The highest BCUT2D eigenvalue weighted by Crippen LogP contribution is 2.21. The third kappa shape index (κ3) is 4.39. The zero-order chi connectivity index (χ0) is 17.8. The normalized spacial score (nSPS) is 17.8. The second kappa shape index (κ2) is 8.77. The molecule has 1 aliphatic heterocycles. The number of para-hydroxylation sites is 2. The van der Waals surface area contributed by atoms with Crippen LogP contribution in [0.25, 0.3) is 5.69 Å².